The fraction of sp³-hybridized carbons (Fsp3) is 0.308. The summed E-state index contributed by atoms with van der Waals surface area (Å²) in [4.78, 5) is 2.54. The van der Waals surface area contributed by atoms with Gasteiger partial charge in [-0.1, -0.05) is 78.9 Å². The van der Waals surface area contributed by atoms with E-state index in [1.807, 2.05) is 54.6 Å². The van der Waals surface area contributed by atoms with Gasteiger partial charge >= 0.3 is 0 Å². The SMILES string of the molecule is O=S(=O)(C[C@@H](COCc1ccccc1)N(Cc1ccccc1)C[C@H]1CO1)c1ccccc1. The fourth-order valence-electron chi connectivity index (χ4n) is 3.72. The van der Waals surface area contributed by atoms with Gasteiger partial charge in [-0.05, 0) is 23.3 Å². The van der Waals surface area contributed by atoms with Crippen LogP contribution < -0.4 is 0 Å². The average Bonchev–Trinajstić information content (AvgIpc) is 3.64. The molecule has 1 aliphatic heterocycles. The Morgan fingerprint density at radius 1 is 0.875 bits per heavy atom. The second-order valence-corrected chi connectivity index (χ2v) is 10.2. The predicted molar refractivity (Wildman–Crippen MR) is 125 cm³/mol. The molecule has 2 atom stereocenters. The molecule has 0 unspecified atom stereocenters. The Hall–Kier alpha value is -2.51. The predicted octanol–water partition coefficient (Wildman–Crippen LogP) is 3.95. The van der Waals surface area contributed by atoms with E-state index in [1.165, 1.54) is 0 Å². The molecule has 32 heavy (non-hydrogen) atoms. The zero-order chi connectivity index (χ0) is 22.2. The standard InChI is InChI=1S/C26H29NO4S/c28-32(29,26-14-8-3-9-15-26)21-24(19-30-18-23-12-6-2-7-13-23)27(17-25-20-31-25)16-22-10-4-1-5-11-22/h1-15,24-25H,16-21H2/t24-,25+/m1/s1. The van der Waals surface area contributed by atoms with Crippen molar-refractivity contribution >= 4 is 9.84 Å². The van der Waals surface area contributed by atoms with Crippen molar-refractivity contribution in [2.45, 2.75) is 30.2 Å². The third-order valence-corrected chi connectivity index (χ3v) is 7.34. The summed E-state index contributed by atoms with van der Waals surface area (Å²) in [5, 5.41) is 0. The molecule has 0 radical (unpaired) electrons. The number of rotatable bonds is 12. The third kappa shape index (κ3) is 6.74. The van der Waals surface area contributed by atoms with E-state index >= 15 is 0 Å². The lowest BCUT2D eigenvalue weighted by molar-refractivity contribution is 0.0519. The highest BCUT2D eigenvalue weighted by molar-refractivity contribution is 7.91. The van der Waals surface area contributed by atoms with Crippen LogP contribution in [0.3, 0.4) is 0 Å². The van der Waals surface area contributed by atoms with Crippen LogP contribution in [0.4, 0.5) is 0 Å². The molecule has 0 aliphatic carbocycles. The van der Waals surface area contributed by atoms with Crippen molar-refractivity contribution < 1.29 is 17.9 Å². The molecule has 1 aliphatic rings. The number of benzene rings is 3. The van der Waals surface area contributed by atoms with Crippen molar-refractivity contribution in [1.29, 1.82) is 0 Å². The number of hydrogen-bond donors (Lipinski definition) is 0. The first-order valence-electron chi connectivity index (χ1n) is 10.9. The van der Waals surface area contributed by atoms with Crippen LogP contribution in [0.25, 0.3) is 0 Å². The quantitative estimate of drug-likeness (QED) is 0.390. The summed E-state index contributed by atoms with van der Waals surface area (Å²) >= 11 is 0. The van der Waals surface area contributed by atoms with Crippen LogP contribution in [-0.4, -0.2) is 51.0 Å². The molecule has 0 saturated carbocycles. The minimum absolute atomic E-state index is 0.00857. The molecule has 1 saturated heterocycles. The molecule has 168 valence electrons. The summed E-state index contributed by atoms with van der Waals surface area (Å²) in [6, 6.07) is 28.4. The van der Waals surface area contributed by atoms with Crippen LogP contribution in [0.15, 0.2) is 95.9 Å². The molecular formula is C26H29NO4S. The van der Waals surface area contributed by atoms with Gasteiger partial charge < -0.3 is 9.47 Å². The van der Waals surface area contributed by atoms with Crippen molar-refractivity contribution in [3.05, 3.63) is 102 Å². The maximum Gasteiger partial charge on any atom is 0.179 e. The van der Waals surface area contributed by atoms with E-state index in [0.29, 0.717) is 37.8 Å². The van der Waals surface area contributed by atoms with Gasteiger partial charge in [0.15, 0.2) is 9.84 Å². The number of epoxide rings is 1. The van der Waals surface area contributed by atoms with Crippen molar-refractivity contribution in [3.8, 4) is 0 Å². The molecule has 1 heterocycles. The second kappa shape index (κ2) is 10.9. The number of ether oxygens (including phenoxy) is 2. The van der Waals surface area contributed by atoms with Gasteiger partial charge in [-0.15, -0.1) is 0 Å². The molecule has 5 nitrogen and oxygen atoms in total. The average molecular weight is 452 g/mol. The molecule has 4 rings (SSSR count). The molecular weight excluding hydrogens is 422 g/mol. The zero-order valence-electron chi connectivity index (χ0n) is 18.0. The van der Waals surface area contributed by atoms with Gasteiger partial charge in [0.1, 0.15) is 0 Å². The summed E-state index contributed by atoms with van der Waals surface area (Å²) in [5.41, 5.74) is 2.20. The molecule has 3 aromatic rings. The van der Waals surface area contributed by atoms with Crippen LogP contribution in [0.1, 0.15) is 11.1 Å². The highest BCUT2D eigenvalue weighted by Crippen LogP contribution is 2.20. The molecule has 1 fully saturated rings. The van der Waals surface area contributed by atoms with Crippen molar-refractivity contribution in [2.75, 3.05) is 25.5 Å². The summed E-state index contributed by atoms with van der Waals surface area (Å²) in [7, 11) is -3.47. The van der Waals surface area contributed by atoms with Gasteiger partial charge in [0.25, 0.3) is 0 Å². The van der Waals surface area contributed by atoms with Crippen molar-refractivity contribution in [3.63, 3.8) is 0 Å². The van der Waals surface area contributed by atoms with Crippen molar-refractivity contribution in [1.82, 2.24) is 4.90 Å². The highest BCUT2D eigenvalue weighted by atomic mass is 32.2. The van der Waals surface area contributed by atoms with Crippen LogP contribution in [0.2, 0.25) is 0 Å². The van der Waals surface area contributed by atoms with E-state index in [9.17, 15) is 8.42 Å². The summed E-state index contributed by atoms with van der Waals surface area (Å²) in [6.45, 7) is 2.81. The molecule has 0 N–H and O–H groups in total. The Bertz CT molecular complexity index is 1050. The summed E-state index contributed by atoms with van der Waals surface area (Å²) in [5.74, 6) is -0.00857. The number of hydrogen-bond acceptors (Lipinski definition) is 5. The summed E-state index contributed by atoms with van der Waals surface area (Å²) < 4.78 is 38.0. The van der Waals surface area contributed by atoms with Gasteiger partial charge in [-0.25, -0.2) is 8.42 Å². The van der Waals surface area contributed by atoms with Gasteiger partial charge in [0.2, 0.25) is 0 Å². The molecule has 0 bridgehead atoms. The largest absolute Gasteiger partial charge is 0.375 e. The second-order valence-electron chi connectivity index (χ2n) is 8.12. The first kappa shape index (κ1) is 22.7. The van der Waals surface area contributed by atoms with Gasteiger partial charge in [0, 0.05) is 19.1 Å². The molecule has 6 heteroatoms. The molecule has 0 amide bonds. The van der Waals surface area contributed by atoms with E-state index in [-0.39, 0.29) is 17.9 Å². The Morgan fingerprint density at radius 3 is 2.03 bits per heavy atom. The molecule has 0 spiro atoms. The lowest BCUT2D eigenvalue weighted by atomic mass is 10.1. The van der Waals surface area contributed by atoms with Crippen LogP contribution in [0, 0.1) is 0 Å². The third-order valence-electron chi connectivity index (χ3n) is 5.52. The van der Waals surface area contributed by atoms with E-state index in [4.69, 9.17) is 9.47 Å². The molecule has 0 aromatic heterocycles. The van der Waals surface area contributed by atoms with Gasteiger partial charge in [-0.2, -0.15) is 0 Å². The van der Waals surface area contributed by atoms with E-state index in [1.54, 1.807) is 24.3 Å². The van der Waals surface area contributed by atoms with E-state index in [0.717, 1.165) is 11.1 Å². The lowest BCUT2D eigenvalue weighted by Crippen LogP contribution is -2.44. The maximum absolute atomic E-state index is 13.2. The van der Waals surface area contributed by atoms with E-state index < -0.39 is 9.84 Å². The zero-order valence-corrected chi connectivity index (χ0v) is 18.9. The summed E-state index contributed by atoms with van der Waals surface area (Å²) in [6.07, 6.45) is 0.148. The van der Waals surface area contributed by atoms with Crippen molar-refractivity contribution in [2.24, 2.45) is 0 Å². The minimum atomic E-state index is -3.47. The van der Waals surface area contributed by atoms with E-state index in [2.05, 4.69) is 17.0 Å². The van der Waals surface area contributed by atoms with Crippen LogP contribution in [-0.2, 0) is 32.5 Å². The first-order chi connectivity index (χ1) is 15.6. The highest BCUT2D eigenvalue weighted by Gasteiger charge is 2.32. The number of sulfone groups is 1. The Labute approximate surface area is 190 Å². The number of nitrogens with zero attached hydrogens (tertiary/aromatic N) is 1. The Kier molecular flexibility index (Phi) is 7.71. The first-order valence-corrected chi connectivity index (χ1v) is 12.5. The van der Waals surface area contributed by atoms with Crippen LogP contribution in [0.5, 0.6) is 0 Å². The smallest absolute Gasteiger partial charge is 0.179 e. The normalized spacial score (nSPS) is 16.7. The monoisotopic (exact) mass is 451 g/mol. The lowest BCUT2D eigenvalue weighted by Gasteiger charge is -2.31. The van der Waals surface area contributed by atoms with Crippen LogP contribution >= 0.6 is 0 Å². The molecule has 3 aromatic carbocycles. The Balaban J connectivity index is 1.53. The Morgan fingerprint density at radius 2 is 1.44 bits per heavy atom. The topological polar surface area (TPSA) is 59.1 Å². The fourth-order valence-corrected chi connectivity index (χ4v) is 5.30. The van der Waals surface area contributed by atoms with Gasteiger partial charge in [-0.3, -0.25) is 4.90 Å². The van der Waals surface area contributed by atoms with Gasteiger partial charge in [0.05, 0.1) is 36.6 Å². The minimum Gasteiger partial charge on any atom is -0.375 e. The maximum atomic E-state index is 13.2.